The van der Waals surface area contributed by atoms with E-state index in [0.717, 1.165) is 5.76 Å². The summed E-state index contributed by atoms with van der Waals surface area (Å²) in [5.74, 6) is 1.39. The highest BCUT2D eigenvalue weighted by molar-refractivity contribution is 5.17. The molecule has 0 spiro atoms. The normalized spacial score (nSPS) is 19.2. The summed E-state index contributed by atoms with van der Waals surface area (Å²) in [6.07, 6.45) is 3.99. The number of nitrogens with zero attached hydrogens (tertiary/aromatic N) is 1. The Labute approximate surface area is 65.4 Å². The van der Waals surface area contributed by atoms with Gasteiger partial charge in [-0.25, -0.2) is 0 Å². The van der Waals surface area contributed by atoms with Gasteiger partial charge in [-0.2, -0.15) is 5.26 Å². The van der Waals surface area contributed by atoms with E-state index in [1.165, 1.54) is 12.8 Å². The summed E-state index contributed by atoms with van der Waals surface area (Å²) in [4.78, 5) is 0. The summed E-state index contributed by atoms with van der Waals surface area (Å²) in [5, 5.41) is 8.80. The third-order valence-electron chi connectivity index (χ3n) is 2.08. The van der Waals surface area contributed by atoms with Crippen molar-refractivity contribution in [2.75, 3.05) is 0 Å². The summed E-state index contributed by atoms with van der Waals surface area (Å²) >= 11 is 0. The second kappa shape index (κ2) is 2.43. The molecule has 1 fully saturated rings. The molecular formula is C9H9NO. The highest BCUT2D eigenvalue weighted by Crippen LogP contribution is 2.42. The zero-order valence-electron chi connectivity index (χ0n) is 6.16. The molecule has 1 aliphatic rings. The molecule has 1 heterocycles. The highest BCUT2D eigenvalue weighted by atomic mass is 16.3. The second-order valence-corrected chi connectivity index (χ2v) is 2.96. The quantitative estimate of drug-likeness (QED) is 0.643. The van der Waals surface area contributed by atoms with Gasteiger partial charge in [0.05, 0.1) is 12.3 Å². The molecule has 11 heavy (non-hydrogen) atoms. The first kappa shape index (κ1) is 6.48. The molecule has 1 saturated carbocycles. The van der Waals surface area contributed by atoms with Crippen molar-refractivity contribution in [1.82, 2.24) is 0 Å². The first-order chi connectivity index (χ1) is 5.42. The van der Waals surface area contributed by atoms with Crippen LogP contribution in [0.4, 0.5) is 0 Å². The van der Waals surface area contributed by atoms with Crippen LogP contribution in [0.15, 0.2) is 22.8 Å². The van der Waals surface area contributed by atoms with Crippen LogP contribution in [0.25, 0.3) is 0 Å². The fraction of sp³-hybridized carbons (Fsp3) is 0.444. The maximum Gasteiger partial charge on any atom is 0.121 e. The Balaban J connectivity index is 2.19. The van der Waals surface area contributed by atoms with Crippen LogP contribution in [-0.4, -0.2) is 0 Å². The Hall–Kier alpha value is -1.23. The minimum atomic E-state index is 0.00463. The maximum absolute atomic E-state index is 8.80. The van der Waals surface area contributed by atoms with E-state index in [9.17, 15) is 0 Å². The lowest BCUT2D eigenvalue weighted by Gasteiger charge is -2.00. The van der Waals surface area contributed by atoms with Gasteiger partial charge in [-0.3, -0.25) is 0 Å². The first-order valence-electron chi connectivity index (χ1n) is 3.85. The van der Waals surface area contributed by atoms with E-state index >= 15 is 0 Å². The van der Waals surface area contributed by atoms with Gasteiger partial charge in [-0.15, -0.1) is 0 Å². The van der Waals surface area contributed by atoms with Crippen molar-refractivity contribution in [2.45, 2.75) is 18.8 Å². The topological polar surface area (TPSA) is 36.9 Å². The van der Waals surface area contributed by atoms with Crippen molar-refractivity contribution in [3.05, 3.63) is 24.2 Å². The van der Waals surface area contributed by atoms with Crippen molar-refractivity contribution < 1.29 is 4.42 Å². The molecule has 56 valence electrons. The molecule has 2 heteroatoms. The Bertz CT molecular complexity index is 266. The molecule has 2 nitrogen and oxygen atoms in total. The fourth-order valence-electron chi connectivity index (χ4n) is 1.30. The molecule has 0 radical (unpaired) electrons. The van der Waals surface area contributed by atoms with Gasteiger partial charge in [0.1, 0.15) is 11.7 Å². The number of nitriles is 1. The molecule has 0 aliphatic heterocycles. The molecular weight excluding hydrogens is 138 g/mol. The van der Waals surface area contributed by atoms with Gasteiger partial charge in [-0.05, 0) is 30.9 Å². The van der Waals surface area contributed by atoms with Crippen LogP contribution < -0.4 is 0 Å². The molecule has 1 aromatic heterocycles. The predicted molar refractivity (Wildman–Crippen MR) is 39.8 cm³/mol. The second-order valence-electron chi connectivity index (χ2n) is 2.96. The first-order valence-corrected chi connectivity index (χ1v) is 3.85. The summed E-state index contributed by atoms with van der Waals surface area (Å²) in [6, 6.07) is 5.99. The van der Waals surface area contributed by atoms with E-state index in [-0.39, 0.29) is 5.92 Å². The number of hydrogen-bond acceptors (Lipinski definition) is 2. The molecule has 1 aliphatic carbocycles. The van der Waals surface area contributed by atoms with Crippen molar-refractivity contribution in [1.29, 1.82) is 5.26 Å². The Morgan fingerprint density at radius 2 is 2.45 bits per heavy atom. The Morgan fingerprint density at radius 3 is 2.91 bits per heavy atom. The van der Waals surface area contributed by atoms with Gasteiger partial charge in [0.25, 0.3) is 0 Å². The summed E-state index contributed by atoms with van der Waals surface area (Å²) in [6.45, 7) is 0. The average Bonchev–Trinajstić information content (AvgIpc) is 2.68. The van der Waals surface area contributed by atoms with E-state index in [4.69, 9.17) is 9.68 Å². The third-order valence-corrected chi connectivity index (χ3v) is 2.08. The van der Waals surface area contributed by atoms with Crippen LogP contribution in [-0.2, 0) is 0 Å². The molecule has 1 aromatic rings. The molecule has 0 bridgehead atoms. The lowest BCUT2D eigenvalue weighted by atomic mass is 10.0. The van der Waals surface area contributed by atoms with E-state index in [0.29, 0.717) is 5.92 Å². The molecule has 0 N–H and O–H groups in total. The van der Waals surface area contributed by atoms with Crippen LogP contribution in [0.2, 0.25) is 0 Å². The third kappa shape index (κ3) is 1.14. The number of furan rings is 1. The monoisotopic (exact) mass is 147 g/mol. The van der Waals surface area contributed by atoms with E-state index in [1.807, 2.05) is 12.1 Å². The van der Waals surface area contributed by atoms with Crippen LogP contribution >= 0.6 is 0 Å². The number of rotatable bonds is 2. The van der Waals surface area contributed by atoms with Gasteiger partial charge >= 0.3 is 0 Å². The zero-order valence-corrected chi connectivity index (χ0v) is 6.16. The lowest BCUT2D eigenvalue weighted by Crippen LogP contribution is -1.94. The van der Waals surface area contributed by atoms with E-state index < -0.39 is 0 Å². The van der Waals surface area contributed by atoms with Gasteiger partial charge in [0.15, 0.2) is 0 Å². The smallest absolute Gasteiger partial charge is 0.121 e. The van der Waals surface area contributed by atoms with E-state index in [1.54, 1.807) is 6.26 Å². The molecule has 0 saturated heterocycles. The van der Waals surface area contributed by atoms with Crippen LogP contribution in [0, 0.1) is 17.2 Å². The molecule has 2 rings (SSSR count). The standard InChI is InChI=1S/C9H9NO/c10-6-8(7-3-4-7)9-2-1-5-11-9/h1-2,5,7-8H,3-4H2. The number of hydrogen-bond donors (Lipinski definition) is 0. The van der Waals surface area contributed by atoms with Crippen LogP contribution in [0.1, 0.15) is 24.5 Å². The zero-order chi connectivity index (χ0) is 7.68. The largest absolute Gasteiger partial charge is 0.468 e. The van der Waals surface area contributed by atoms with Crippen LogP contribution in [0.5, 0.6) is 0 Å². The predicted octanol–water partition coefficient (Wildman–Crippen LogP) is 2.30. The minimum Gasteiger partial charge on any atom is -0.468 e. The van der Waals surface area contributed by atoms with Crippen molar-refractivity contribution in [3.8, 4) is 6.07 Å². The van der Waals surface area contributed by atoms with Crippen molar-refractivity contribution in [3.63, 3.8) is 0 Å². The van der Waals surface area contributed by atoms with Gasteiger partial charge < -0.3 is 4.42 Å². The maximum atomic E-state index is 8.80. The molecule has 1 atom stereocenters. The minimum absolute atomic E-state index is 0.00463. The Kier molecular flexibility index (Phi) is 1.43. The van der Waals surface area contributed by atoms with Gasteiger partial charge in [-0.1, -0.05) is 0 Å². The summed E-state index contributed by atoms with van der Waals surface area (Å²) < 4.78 is 5.17. The van der Waals surface area contributed by atoms with Gasteiger partial charge in [0, 0.05) is 0 Å². The van der Waals surface area contributed by atoms with Crippen molar-refractivity contribution in [2.24, 2.45) is 5.92 Å². The fourth-order valence-corrected chi connectivity index (χ4v) is 1.30. The Morgan fingerprint density at radius 1 is 1.64 bits per heavy atom. The summed E-state index contributed by atoms with van der Waals surface area (Å²) in [7, 11) is 0. The average molecular weight is 147 g/mol. The van der Waals surface area contributed by atoms with E-state index in [2.05, 4.69) is 6.07 Å². The molecule has 0 aromatic carbocycles. The lowest BCUT2D eigenvalue weighted by molar-refractivity contribution is 0.476. The molecule has 0 amide bonds. The summed E-state index contributed by atoms with van der Waals surface area (Å²) in [5.41, 5.74) is 0. The van der Waals surface area contributed by atoms with Crippen molar-refractivity contribution >= 4 is 0 Å². The van der Waals surface area contributed by atoms with Crippen LogP contribution in [0.3, 0.4) is 0 Å². The highest BCUT2D eigenvalue weighted by Gasteiger charge is 2.33. The molecule has 1 unspecified atom stereocenters. The SMILES string of the molecule is N#CC(c1ccco1)C1CC1. The van der Waals surface area contributed by atoms with Gasteiger partial charge in [0.2, 0.25) is 0 Å².